The molecule has 0 saturated heterocycles. The van der Waals surface area contributed by atoms with Gasteiger partial charge in [-0.05, 0) is 60.2 Å². The van der Waals surface area contributed by atoms with Crippen molar-refractivity contribution in [2.24, 2.45) is 4.99 Å². The third-order valence-corrected chi connectivity index (χ3v) is 4.77. The van der Waals surface area contributed by atoms with Crippen LogP contribution in [0, 0.1) is 0 Å². The van der Waals surface area contributed by atoms with Gasteiger partial charge in [0.2, 0.25) is 5.90 Å². The fourth-order valence-corrected chi connectivity index (χ4v) is 3.06. The zero-order valence-corrected chi connectivity index (χ0v) is 17.1. The number of benzene rings is 3. The second kappa shape index (κ2) is 8.85. The van der Waals surface area contributed by atoms with E-state index >= 15 is 0 Å². The molecule has 4 rings (SSSR count). The van der Waals surface area contributed by atoms with Gasteiger partial charge in [-0.2, -0.15) is 0 Å². The molecular formula is C24H16ClNO5. The number of hydrogen-bond donors (Lipinski definition) is 0. The van der Waals surface area contributed by atoms with E-state index in [1.54, 1.807) is 86.0 Å². The standard InChI is InChI=1S/C24H16ClNO5/c1-29-17-12-8-16(9-13-17)22-26-21(24(28)31-22)14-15-6-10-18(11-7-15)30-23(27)19-4-2-3-5-20(19)25/h2-14H,1H3/b21-14+. The molecule has 0 saturated carbocycles. The van der Waals surface area contributed by atoms with Gasteiger partial charge in [0, 0.05) is 5.56 Å². The van der Waals surface area contributed by atoms with Gasteiger partial charge in [0.25, 0.3) is 0 Å². The van der Waals surface area contributed by atoms with Crippen LogP contribution in [0.25, 0.3) is 6.08 Å². The molecule has 0 unspecified atom stereocenters. The first kappa shape index (κ1) is 20.4. The number of halogens is 1. The summed E-state index contributed by atoms with van der Waals surface area (Å²) in [7, 11) is 1.58. The molecule has 1 heterocycles. The van der Waals surface area contributed by atoms with Crippen LogP contribution >= 0.6 is 11.6 Å². The molecule has 154 valence electrons. The lowest BCUT2D eigenvalue weighted by Crippen LogP contribution is -2.08. The van der Waals surface area contributed by atoms with Crippen LogP contribution in [-0.4, -0.2) is 24.9 Å². The number of nitrogens with zero attached hydrogens (tertiary/aromatic N) is 1. The minimum absolute atomic E-state index is 0.173. The van der Waals surface area contributed by atoms with Crippen LogP contribution < -0.4 is 9.47 Å². The predicted molar refractivity (Wildman–Crippen MR) is 116 cm³/mol. The quantitative estimate of drug-likeness (QED) is 0.324. The van der Waals surface area contributed by atoms with E-state index < -0.39 is 11.9 Å². The molecule has 1 aliphatic heterocycles. The van der Waals surface area contributed by atoms with Gasteiger partial charge < -0.3 is 14.2 Å². The lowest BCUT2D eigenvalue weighted by molar-refractivity contribution is -0.129. The van der Waals surface area contributed by atoms with Gasteiger partial charge in [-0.1, -0.05) is 35.9 Å². The Kier molecular flexibility index (Phi) is 5.82. The molecule has 3 aromatic carbocycles. The Morgan fingerprint density at radius 3 is 2.32 bits per heavy atom. The summed E-state index contributed by atoms with van der Waals surface area (Å²) in [6, 6.07) is 20.3. The summed E-state index contributed by atoms with van der Waals surface area (Å²) in [6.45, 7) is 0. The van der Waals surface area contributed by atoms with Crippen LogP contribution in [-0.2, 0) is 9.53 Å². The summed E-state index contributed by atoms with van der Waals surface area (Å²) < 4.78 is 15.7. The van der Waals surface area contributed by atoms with Gasteiger partial charge >= 0.3 is 11.9 Å². The summed E-state index contributed by atoms with van der Waals surface area (Å²) in [5.74, 6) is 0.178. The normalized spacial score (nSPS) is 14.2. The van der Waals surface area contributed by atoms with Crippen LogP contribution in [0.2, 0.25) is 5.02 Å². The first-order chi connectivity index (χ1) is 15.0. The molecule has 0 amide bonds. The number of rotatable bonds is 5. The molecule has 0 atom stereocenters. The van der Waals surface area contributed by atoms with Gasteiger partial charge in [0.15, 0.2) is 5.70 Å². The monoisotopic (exact) mass is 433 g/mol. The molecule has 31 heavy (non-hydrogen) atoms. The van der Waals surface area contributed by atoms with Crippen LogP contribution in [0.3, 0.4) is 0 Å². The Morgan fingerprint density at radius 1 is 0.968 bits per heavy atom. The molecule has 0 radical (unpaired) electrons. The van der Waals surface area contributed by atoms with Crippen molar-refractivity contribution in [2.75, 3.05) is 7.11 Å². The molecule has 0 bridgehead atoms. The first-order valence-electron chi connectivity index (χ1n) is 9.27. The number of methoxy groups -OCH3 is 1. The largest absolute Gasteiger partial charge is 0.497 e. The number of cyclic esters (lactones) is 1. The summed E-state index contributed by atoms with van der Waals surface area (Å²) in [5, 5.41) is 0.319. The number of esters is 2. The van der Waals surface area contributed by atoms with E-state index in [9.17, 15) is 9.59 Å². The molecule has 6 nitrogen and oxygen atoms in total. The van der Waals surface area contributed by atoms with Gasteiger partial charge in [0.1, 0.15) is 11.5 Å². The van der Waals surface area contributed by atoms with Gasteiger partial charge in [-0.25, -0.2) is 14.6 Å². The minimum Gasteiger partial charge on any atom is -0.497 e. The maximum atomic E-state index is 12.2. The van der Waals surface area contributed by atoms with E-state index in [4.69, 9.17) is 25.8 Å². The highest BCUT2D eigenvalue weighted by atomic mass is 35.5. The van der Waals surface area contributed by atoms with Crippen LogP contribution in [0.5, 0.6) is 11.5 Å². The summed E-state index contributed by atoms with van der Waals surface area (Å²) in [6.07, 6.45) is 1.60. The van der Waals surface area contributed by atoms with Crippen molar-refractivity contribution in [3.05, 3.63) is 100 Å². The van der Waals surface area contributed by atoms with E-state index in [0.29, 0.717) is 27.6 Å². The molecule has 0 spiro atoms. The third kappa shape index (κ3) is 4.65. The van der Waals surface area contributed by atoms with Crippen LogP contribution in [0.4, 0.5) is 0 Å². The van der Waals surface area contributed by atoms with Crippen molar-refractivity contribution >= 4 is 35.5 Å². The fraction of sp³-hybridized carbons (Fsp3) is 0.0417. The van der Waals surface area contributed by atoms with Crippen LogP contribution in [0.1, 0.15) is 21.5 Å². The third-order valence-electron chi connectivity index (χ3n) is 4.45. The average molecular weight is 434 g/mol. The Morgan fingerprint density at radius 2 is 1.65 bits per heavy atom. The SMILES string of the molecule is COc1ccc(C2=N/C(=C/c3ccc(OC(=O)c4ccccc4Cl)cc3)C(=O)O2)cc1. The van der Waals surface area contributed by atoms with Crippen molar-refractivity contribution in [3.63, 3.8) is 0 Å². The molecule has 0 N–H and O–H groups in total. The highest BCUT2D eigenvalue weighted by molar-refractivity contribution is 6.33. The van der Waals surface area contributed by atoms with Crippen molar-refractivity contribution in [1.29, 1.82) is 0 Å². The van der Waals surface area contributed by atoms with Crippen LogP contribution in [0.15, 0.2) is 83.5 Å². The fourth-order valence-electron chi connectivity index (χ4n) is 2.84. The van der Waals surface area contributed by atoms with Crippen molar-refractivity contribution in [2.45, 2.75) is 0 Å². The van der Waals surface area contributed by atoms with E-state index in [-0.39, 0.29) is 17.2 Å². The molecule has 3 aromatic rings. The minimum atomic E-state index is -0.551. The maximum absolute atomic E-state index is 12.2. The summed E-state index contributed by atoms with van der Waals surface area (Å²) in [5.41, 5.74) is 1.82. The highest BCUT2D eigenvalue weighted by Crippen LogP contribution is 2.23. The average Bonchev–Trinajstić information content (AvgIpc) is 3.15. The zero-order valence-electron chi connectivity index (χ0n) is 16.4. The number of hydrogen-bond acceptors (Lipinski definition) is 6. The number of ether oxygens (including phenoxy) is 3. The van der Waals surface area contributed by atoms with E-state index in [0.717, 1.165) is 0 Å². The zero-order chi connectivity index (χ0) is 21.8. The van der Waals surface area contributed by atoms with Crippen molar-refractivity contribution in [1.82, 2.24) is 0 Å². The Balaban J connectivity index is 1.48. The second-order valence-corrected chi connectivity index (χ2v) is 6.91. The van der Waals surface area contributed by atoms with Crippen molar-refractivity contribution < 1.29 is 23.8 Å². The lowest BCUT2D eigenvalue weighted by atomic mass is 10.2. The van der Waals surface area contributed by atoms with Gasteiger partial charge in [0.05, 0.1) is 17.7 Å². The predicted octanol–water partition coefficient (Wildman–Crippen LogP) is 4.91. The van der Waals surface area contributed by atoms with E-state index in [2.05, 4.69) is 4.99 Å². The van der Waals surface area contributed by atoms with Gasteiger partial charge in [-0.3, -0.25) is 0 Å². The Labute approximate surface area is 183 Å². The first-order valence-corrected chi connectivity index (χ1v) is 9.65. The smallest absolute Gasteiger partial charge is 0.363 e. The molecule has 0 aromatic heterocycles. The maximum Gasteiger partial charge on any atom is 0.363 e. The molecular weight excluding hydrogens is 418 g/mol. The topological polar surface area (TPSA) is 74.2 Å². The van der Waals surface area contributed by atoms with E-state index in [1.807, 2.05) is 0 Å². The van der Waals surface area contributed by atoms with Gasteiger partial charge in [-0.15, -0.1) is 0 Å². The Bertz CT molecular complexity index is 1200. The molecule has 1 aliphatic rings. The van der Waals surface area contributed by atoms with E-state index in [1.165, 1.54) is 0 Å². The highest BCUT2D eigenvalue weighted by Gasteiger charge is 2.24. The number of aliphatic imine (C=N–C) groups is 1. The lowest BCUT2D eigenvalue weighted by Gasteiger charge is -2.06. The second-order valence-electron chi connectivity index (χ2n) is 6.50. The number of carbonyl (C=O) groups is 2. The Hall–Kier alpha value is -3.90. The molecule has 0 aliphatic carbocycles. The molecule has 7 heteroatoms. The molecule has 0 fully saturated rings. The summed E-state index contributed by atoms with van der Waals surface area (Å²) >= 11 is 6.02. The van der Waals surface area contributed by atoms with Crippen molar-refractivity contribution in [3.8, 4) is 11.5 Å². The summed E-state index contributed by atoms with van der Waals surface area (Å²) in [4.78, 5) is 28.7. The number of carbonyl (C=O) groups excluding carboxylic acids is 2.